The summed E-state index contributed by atoms with van der Waals surface area (Å²) in [5.74, 6) is 0.353. The van der Waals surface area contributed by atoms with Crippen LogP contribution in [0.2, 0.25) is 0 Å². The van der Waals surface area contributed by atoms with Crippen molar-refractivity contribution >= 4 is 23.3 Å². The summed E-state index contributed by atoms with van der Waals surface area (Å²) in [7, 11) is 2.12. The molecule has 2 heterocycles. The highest BCUT2D eigenvalue weighted by Gasteiger charge is 2.19. The van der Waals surface area contributed by atoms with Gasteiger partial charge in [-0.05, 0) is 49.2 Å². The van der Waals surface area contributed by atoms with Crippen molar-refractivity contribution in [2.75, 3.05) is 43.4 Å². The van der Waals surface area contributed by atoms with Gasteiger partial charge in [-0.25, -0.2) is 4.98 Å². The van der Waals surface area contributed by atoms with E-state index in [9.17, 15) is 9.59 Å². The first kappa shape index (κ1) is 22.7. The van der Waals surface area contributed by atoms with E-state index in [1.807, 2.05) is 24.3 Å². The Labute approximate surface area is 184 Å². The van der Waals surface area contributed by atoms with Crippen molar-refractivity contribution in [3.63, 3.8) is 0 Å². The van der Waals surface area contributed by atoms with Gasteiger partial charge in [-0.1, -0.05) is 32.9 Å². The monoisotopic (exact) mass is 423 g/mol. The molecule has 2 N–H and O–H groups in total. The van der Waals surface area contributed by atoms with E-state index in [2.05, 4.69) is 53.2 Å². The van der Waals surface area contributed by atoms with Crippen LogP contribution >= 0.6 is 0 Å². The molecule has 1 aliphatic rings. The third-order valence-electron chi connectivity index (χ3n) is 5.60. The quantitative estimate of drug-likeness (QED) is 0.773. The Bertz CT molecular complexity index is 895. The number of piperazine rings is 1. The summed E-state index contributed by atoms with van der Waals surface area (Å²) in [5, 5.41) is 5.58. The number of carbonyl (C=O) groups is 2. The van der Waals surface area contributed by atoms with Crippen molar-refractivity contribution in [2.45, 2.75) is 39.2 Å². The number of carbonyl (C=O) groups excluding carboxylic acids is 2. The number of benzene rings is 1. The summed E-state index contributed by atoms with van der Waals surface area (Å²) in [5.41, 5.74) is 2.32. The number of pyridine rings is 1. The molecule has 1 aromatic heterocycles. The van der Waals surface area contributed by atoms with Gasteiger partial charge in [0, 0.05) is 31.7 Å². The van der Waals surface area contributed by atoms with E-state index in [4.69, 9.17) is 0 Å². The third kappa shape index (κ3) is 6.04. The fraction of sp³-hybridized carbons (Fsp3) is 0.458. The molecule has 2 aromatic rings. The molecule has 1 fully saturated rings. The first-order valence-electron chi connectivity index (χ1n) is 10.8. The van der Waals surface area contributed by atoms with Gasteiger partial charge in [0.25, 0.3) is 5.91 Å². The number of aromatic nitrogens is 1. The van der Waals surface area contributed by atoms with E-state index in [1.54, 1.807) is 25.3 Å². The predicted octanol–water partition coefficient (Wildman–Crippen LogP) is 2.89. The minimum absolute atomic E-state index is 0.0239. The molecule has 0 unspecified atom stereocenters. The van der Waals surface area contributed by atoms with Crippen molar-refractivity contribution in [3.05, 3.63) is 53.7 Å². The number of anilines is 2. The van der Waals surface area contributed by atoms with E-state index >= 15 is 0 Å². The van der Waals surface area contributed by atoms with Crippen molar-refractivity contribution in [2.24, 2.45) is 0 Å². The lowest BCUT2D eigenvalue weighted by atomic mass is 9.86. The number of hydrogen-bond donors (Lipinski definition) is 2. The number of rotatable bonds is 5. The van der Waals surface area contributed by atoms with E-state index < -0.39 is 6.04 Å². The minimum Gasteiger partial charge on any atom is -0.354 e. The van der Waals surface area contributed by atoms with Gasteiger partial charge in [0.15, 0.2) is 0 Å². The summed E-state index contributed by atoms with van der Waals surface area (Å²) in [6.45, 7) is 11.9. The molecule has 0 spiro atoms. The number of hydrogen-bond acceptors (Lipinski definition) is 5. The smallest absolute Gasteiger partial charge is 0.251 e. The molecule has 0 saturated carbocycles. The van der Waals surface area contributed by atoms with Crippen molar-refractivity contribution < 1.29 is 9.59 Å². The highest BCUT2D eigenvalue weighted by molar-refractivity contribution is 6.00. The summed E-state index contributed by atoms with van der Waals surface area (Å²) >= 11 is 0. The predicted molar refractivity (Wildman–Crippen MR) is 125 cm³/mol. The van der Waals surface area contributed by atoms with Crippen molar-refractivity contribution in [1.82, 2.24) is 15.2 Å². The molecule has 2 amide bonds. The SMILES string of the molecule is C[C@@H](NC(=O)c1ccc(C(C)(C)C)cc1)C(=O)Nc1ccc(N2CCN(C)CC2)nc1. The van der Waals surface area contributed by atoms with Crippen LogP contribution in [-0.2, 0) is 10.2 Å². The Morgan fingerprint density at radius 3 is 2.19 bits per heavy atom. The average Bonchev–Trinajstić information content (AvgIpc) is 2.74. The molecule has 7 nitrogen and oxygen atoms in total. The second-order valence-corrected chi connectivity index (χ2v) is 9.21. The summed E-state index contributed by atoms with van der Waals surface area (Å²) in [6.07, 6.45) is 1.66. The Kier molecular flexibility index (Phi) is 6.95. The van der Waals surface area contributed by atoms with E-state index in [0.717, 1.165) is 37.6 Å². The van der Waals surface area contributed by atoms with Crippen LogP contribution < -0.4 is 15.5 Å². The maximum absolute atomic E-state index is 12.5. The first-order chi connectivity index (χ1) is 14.6. The lowest BCUT2D eigenvalue weighted by Crippen LogP contribution is -2.44. The van der Waals surface area contributed by atoms with Crippen LogP contribution in [0.3, 0.4) is 0 Å². The minimum atomic E-state index is -0.674. The van der Waals surface area contributed by atoms with Gasteiger partial charge in [-0.2, -0.15) is 0 Å². The van der Waals surface area contributed by atoms with Crippen molar-refractivity contribution in [1.29, 1.82) is 0 Å². The zero-order valence-corrected chi connectivity index (χ0v) is 19.1. The van der Waals surface area contributed by atoms with Gasteiger partial charge < -0.3 is 20.4 Å². The zero-order valence-electron chi connectivity index (χ0n) is 19.1. The first-order valence-corrected chi connectivity index (χ1v) is 10.8. The fourth-order valence-electron chi connectivity index (χ4n) is 3.40. The van der Waals surface area contributed by atoms with E-state index in [-0.39, 0.29) is 17.2 Å². The summed E-state index contributed by atoms with van der Waals surface area (Å²) in [6, 6.07) is 10.6. The molecule has 0 aliphatic carbocycles. The van der Waals surface area contributed by atoms with Gasteiger partial charge in [0.1, 0.15) is 11.9 Å². The number of amides is 2. The third-order valence-corrected chi connectivity index (χ3v) is 5.60. The molecule has 0 radical (unpaired) electrons. The molecule has 1 aliphatic heterocycles. The standard InChI is InChI=1S/C24H33N5O2/c1-17(26-23(31)18-6-8-19(9-7-18)24(2,3)4)22(30)27-20-10-11-21(25-16-20)29-14-12-28(5)13-15-29/h6-11,16-17H,12-15H2,1-5H3,(H,26,31)(H,27,30)/t17-/m1/s1. The molecular formula is C24H33N5O2. The Hall–Kier alpha value is -2.93. The lowest BCUT2D eigenvalue weighted by molar-refractivity contribution is -0.117. The van der Waals surface area contributed by atoms with Gasteiger partial charge in [-0.15, -0.1) is 0 Å². The van der Waals surface area contributed by atoms with Crippen LogP contribution in [0.25, 0.3) is 0 Å². The van der Waals surface area contributed by atoms with Crippen LogP contribution in [0.5, 0.6) is 0 Å². The summed E-state index contributed by atoms with van der Waals surface area (Å²) in [4.78, 5) is 34.0. The zero-order chi connectivity index (χ0) is 22.6. The molecule has 1 atom stereocenters. The largest absolute Gasteiger partial charge is 0.354 e. The molecule has 1 saturated heterocycles. The molecule has 31 heavy (non-hydrogen) atoms. The van der Waals surface area contributed by atoms with Crippen LogP contribution in [0.15, 0.2) is 42.6 Å². The normalized spacial score (nSPS) is 16.0. The molecule has 0 bridgehead atoms. The fourth-order valence-corrected chi connectivity index (χ4v) is 3.40. The Balaban J connectivity index is 1.53. The van der Waals surface area contributed by atoms with Gasteiger partial charge in [0.05, 0.1) is 11.9 Å². The van der Waals surface area contributed by atoms with Crippen LogP contribution in [0.4, 0.5) is 11.5 Å². The van der Waals surface area contributed by atoms with Crippen LogP contribution in [0, 0.1) is 0 Å². The summed E-state index contributed by atoms with van der Waals surface area (Å²) < 4.78 is 0. The number of nitrogens with zero attached hydrogens (tertiary/aromatic N) is 3. The molecule has 3 rings (SSSR count). The van der Waals surface area contributed by atoms with Crippen LogP contribution in [-0.4, -0.2) is 61.0 Å². The molecular weight excluding hydrogens is 390 g/mol. The van der Waals surface area contributed by atoms with Crippen molar-refractivity contribution in [3.8, 4) is 0 Å². The highest BCUT2D eigenvalue weighted by atomic mass is 16.2. The second kappa shape index (κ2) is 9.47. The number of likely N-dealkylation sites (N-methyl/N-ethyl adjacent to an activating group) is 1. The molecule has 1 aromatic carbocycles. The average molecular weight is 424 g/mol. The van der Waals surface area contributed by atoms with Crippen LogP contribution in [0.1, 0.15) is 43.6 Å². The van der Waals surface area contributed by atoms with Gasteiger partial charge >= 0.3 is 0 Å². The topological polar surface area (TPSA) is 77.6 Å². The lowest BCUT2D eigenvalue weighted by Gasteiger charge is -2.33. The van der Waals surface area contributed by atoms with Gasteiger partial charge in [-0.3, -0.25) is 9.59 Å². The molecule has 166 valence electrons. The van der Waals surface area contributed by atoms with Gasteiger partial charge in [0.2, 0.25) is 5.91 Å². The Morgan fingerprint density at radius 2 is 1.65 bits per heavy atom. The highest BCUT2D eigenvalue weighted by Crippen LogP contribution is 2.22. The van der Waals surface area contributed by atoms with E-state index in [0.29, 0.717) is 11.3 Å². The maximum atomic E-state index is 12.5. The van der Waals surface area contributed by atoms with E-state index in [1.165, 1.54) is 0 Å². The molecule has 7 heteroatoms. The second-order valence-electron chi connectivity index (χ2n) is 9.21. The Morgan fingerprint density at radius 1 is 1.00 bits per heavy atom. The number of nitrogens with one attached hydrogen (secondary N) is 2. The maximum Gasteiger partial charge on any atom is 0.251 e.